The second kappa shape index (κ2) is 7.66. The van der Waals surface area contributed by atoms with Crippen molar-refractivity contribution in [1.82, 2.24) is 10.2 Å². The smallest absolute Gasteiger partial charge is 0.0233 e. The number of nitrogens with zero attached hydrogens (tertiary/aromatic N) is 1. The van der Waals surface area contributed by atoms with Crippen LogP contribution in [0.5, 0.6) is 0 Å². The molecule has 0 aromatic heterocycles. The predicted octanol–water partition coefficient (Wildman–Crippen LogP) is 3.29. The Bertz CT molecular complexity index is 342. The zero-order chi connectivity index (χ0) is 13.5. The van der Waals surface area contributed by atoms with Crippen LogP contribution in [0, 0.1) is 5.92 Å². The summed E-state index contributed by atoms with van der Waals surface area (Å²) in [6, 6.07) is 11.5. The van der Waals surface area contributed by atoms with Gasteiger partial charge >= 0.3 is 0 Å². The molecule has 0 bridgehead atoms. The molecule has 1 heterocycles. The van der Waals surface area contributed by atoms with Gasteiger partial charge in [-0.3, -0.25) is 4.90 Å². The summed E-state index contributed by atoms with van der Waals surface area (Å²) >= 11 is 0. The SMILES string of the molecule is CCCNC(C)C1CCN(Cc2ccccc2)CC1. The van der Waals surface area contributed by atoms with Crippen LogP contribution in [0.3, 0.4) is 0 Å². The van der Waals surface area contributed by atoms with Crippen molar-refractivity contribution >= 4 is 0 Å². The maximum atomic E-state index is 3.65. The fourth-order valence-electron chi connectivity index (χ4n) is 2.99. The van der Waals surface area contributed by atoms with Crippen molar-refractivity contribution in [3.05, 3.63) is 35.9 Å². The number of nitrogens with one attached hydrogen (secondary N) is 1. The molecule has 0 aliphatic carbocycles. The van der Waals surface area contributed by atoms with Gasteiger partial charge in [0, 0.05) is 12.6 Å². The van der Waals surface area contributed by atoms with Gasteiger partial charge in [-0.15, -0.1) is 0 Å². The lowest BCUT2D eigenvalue weighted by Crippen LogP contribution is -2.41. The summed E-state index contributed by atoms with van der Waals surface area (Å²) in [5.41, 5.74) is 1.44. The standard InChI is InChI=1S/C17H28N2/c1-3-11-18-15(2)17-9-12-19(13-10-17)14-16-7-5-4-6-8-16/h4-8,15,17-18H,3,9-14H2,1-2H3. The maximum Gasteiger partial charge on any atom is 0.0233 e. The Morgan fingerprint density at radius 1 is 1.21 bits per heavy atom. The summed E-state index contributed by atoms with van der Waals surface area (Å²) in [4.78, 5) is 2.60. The van der Waals surface area contributed by atoms with E-state index in [2.05, 4.69) is 54.4 Å². The number of hydrogen-bond donors (Lipinski definition) is 1. The molecule has 1 atom stereocenters. The molecule has 1 aromatic carbocycles. The van der Waals surface area contributed by atoms with E-state index in [9.17, 15) is 0 Å². The molecule has 0 saturated carbocycles. The molecule has 2 heteroatoms. The maximum absolute atomic E-state index is 3.65. The molecule has 1 aromatic rings. The van der Waals surface area contributed by atoms with E-state index in [1.54, 1.807) is 0 Å². The van der Waals surface area contributed by atoms with Crippen molar-refractivity contribution in [3.63, 3.8) is 0 Å². The molecule has 2 nitrogen and oxygen atoms in total. The van der Waals surface area contributed by atoms with Crippen molar-refractivity contribution < 1.29 is 0 Å². The first-order chi connectivity index (χ1) is 9.29. The first-order valence-corrected chi connectivity index (χ1v) is 7.79. The third-order valence-electron chi connectivity index (χ3n) is 4.30. The Balaban J connectivity index is 1.73. The van der Waals surface area contributed by atoms with Crippen LogP contribution < -0.4 is 5.32 Å². The minimum atomic E-state index is 0.679. The lowest BCUT2D eigenvalue weighted by atomic mass is 9.90. The highest BCUT2D eigenvalue weighted by Crippen LogP contribution is 2.21. The average molecular weight is 260 g/mol. The quantitative estimate of drug-likeness (QED) is 0.844. The first-order valence-electron chi connectivity index (χ1n) is 7.79. The summed E-state index contributed by atoms with van der Waals surface area (Å²) in [5, 5.41) is 3.65. The van der Waals surface area contributed by atoms with Crippen molar-refractivity contribution in [2.75, 3.05) is 19.6 Å². The Kier molecular flexibility index (Phi) is 5.87. The van der Waals surface area contributed by atoms with Crippen molar-refractivity contribution in [1.29, 1.82) is 0 Å². The van der Waals surface area contributed by atoms with Crippen LogP contribution in [0.1, 0.15) is 38.7 Å². The van der Waals surface area contributed by atoms with Crippen molar-refractivity contribution in [3.8, 4) is 0 Å². The Labute approximate surface area is 118 Å². The first kappa shape index (κ1) is 14.5. The van der Waals surface area contributed by atoms with Gasteiger partial charge in [-0.1, -0.05) is 37.3 Å². The lowest BCUT2D eigenvalue weighted by Gasteiger charge is -2.35. The molecule has 2 rings (SSSR count). The Morgan fingerprint density at radius 3 is 2.53 bits per heavy atom. The molecule has 1 saturated heterocycles. The molecular weight excluding hydrogens is 232 g/mol. The molecule has 106 valence electrons. The zero-order valence-electron chi connectivity index (χ0n) is 12.4. The zero-order valence-corrected chi connectivity index (χ0v) is 12.4. The molecule has 0 radical (unpaired) electrons. The molecule has 1 N–H and O–H groups in total. The van der Waals surface area contributed by atoms with E-state index in [1.807, 2.05) is 0 Å². The van der Waals surface area contributed by atoms with Crippen LogP contribution in [-0.2, 0) is 6.54 Å². The van der Waals surface area contributed by atoms with Crippen LogP contribution in [0.15, 0.2) is 30.3 Å². The lowest BCUT2D eigenvalue weighted by molar-refractivity contribution is 0.156. The van der Waals surface area contributed by atoms with E-state index in [4.69, 9.17) is 0 Å². The van der Waals surface area contributed by atoms with Crippen LogP contribution in [0.4, 0.5) is 0 Å². The number of piperidine rings is 1. The minimum absolute atomic E-state index is 0.679. The molecule has 0 amide bonds. The molecule has 1 aliphatic heterocycles. The Hall–Kier alpha value is -0.860. The van der Waals surface area contributed by atoms with Crippen LogP contribution >= 0.6 is 0 Å². The van der Waals surface area contributed by atoms with Gasteiger partial charge in [-0.25, -0.2) is 0 Å². The summed E-state index contributed by atoms with van der Waals surface area (Å²) in [5.74, 6) is 0.860. The number of rotatable bonds is 6. The number of benzene rings is 1. The van der Waals surface area contributed by atoms with E-state index in [0.29, 0.717) is 6.04 Å². The van der Waals surface area contributed by atoms with Gasteiger partial charge in [0.1, 0.15) is 0 Å². The van der Waals surface area contributed by atoms with E-state index in [0.717, 1.165) is 19.0 Å². The summed E-state index contributed by atoms with van der Waals surface area (Å²) in [6.45, 7) is 9.36. The van der Waals surface area contributed by atoms with E-state index in [1.165, 1.54) is 37.9 Å². The van der Waals surface area contributed by atoms with Gasteiger partial charge < -0.3 is 5.32 Å². The largest absolute Gasteiger partial charge is 0.314 e. The highest BCUT2D eigenvalue weighted by atomic mass is 15.1. The molecule has 1 fully saturated rings. The fourth-order valence-corrected chi connectivity index (χ4v) is 2.99. The highest BCUT2D eigenvalue weighted by molar-refractivity contribution is 5.14. The number of likely N-dealkylation sites (tertiary alicyclic amines) is 1. The van der Waals surface area contributed by atoms with Gasteiger partial charge in [0.15, 0.2) is 0 Å². The monoisotopic (exact) mass is 260 g/mol. The Morgan fingerprint density at radius 2 is 1.89 bits per heavy atom. The fraction of sp³-hybridized carbons (Fsp3) is 0.647. The van der Waals surface area contributed by atoms with Gasteiger partial charge in [0.2, 0.25) is 0 Å². The summed E-state index contributed by atoms with van der Waals surface area (Å²) < 4.78 is 0. The van der Waals surface area contributed by atoms with E-state index < -0.39 is 0 Å². The molecule has 1 unspecified atom stereocenters. The van der Waals surface area contributed by atoms with Gasteiger partial charge in [0.25, 0.3) is 0 Å². The van der Waals surface area contributed by atoms with E-state index in [-0.39, 0.29) is 0 Å². The van der Waals surface area contributed by atoms with Crippen LogP contribution in [0.25, 0.3) is 0 Å². The average Bonchev–Trinajstić information content (AvgIpc) is 2.46. The highest BCUT2D eigenvalue weighted by Gasteiger charge is 2.23. The van der Waals surface area contributed by atoms with Crippen LogP contribution in [-0.4, -0.2) is 30.6 Å². The molecule has 0 spiro atoms. The summed E-state index contributed by atoms with van der Waals surface area (Å²) in [6.07, 6.45) is 3.91. The molecular formula is C17H28N2. The minimum Gasteiger partial charge on any atom is -0.314 e. The normalized spacial score (nSPS) is 19.5. The summed E-state index contributed by atoms with van der Waals surface area (Å²) in [7, 11) is 0. The van der Waals surface area contributed by atoms with Gasteiger partial charge in [-0.05, 0) is 57.3 Å². The van der Waals surface area contributed by atoms with Gasteiger partial charge in [-0.2, -0.15) is 0 Å². The van der Waals surface area contributed by atoms with E-state index >= 15 is 0 Å². The van der Waals surface area contributed by atoms with Crippen molar-refractivity contribution in [2.24, 2.45) is 5.92 Å². The predicted molar refractivity (Wildman–Crippen MR) is 82.2 cm³/mol. The third kappa shape index (κ3) is 4.63. The third-order valence-corrected chi connectivity index (χ3v) is 4.30. The van der Waals surface area contributed by atoms with Crippen molar-refractivity contribution in [2.45, 2.75) is 45.7 Å². The van der Waals surface area contributed by atoms with Crippen LogP contribution in [0.2, 0.25) is 0 Å². The second-order valence-corrected chi connectivity index (χ2v) is 5.84. The number of hydrogen-bond acceptors (Lipinski definition) is 2. The molecule has 1 aliphatic rings. The second-order valence-electron chi connectivity index (χ2n) is 5.84. The topological polar surface area (TPSA) is 15.3 Å². The van der Waals surface area contributed by atoms with Gasteiger partial charge in [0.05, 0.1) is 0 Å². The molecule has 19 heavy (non-hydrogen) atoms.